The number of benzene rings is 2. The summed E-state index contributed by atoms with van der Waals surface area (Å²) in [7, 11) is -6.23. The standard InChI is InChI=1S/C22H28Cl2N4O4S2/c1-3-4-5-12-25-13-14-28(2)34(31,32)17-8-6-16(7-9-17)33(29,30)27-20-11-10-18(23)21-19(24)15-26-22(20)21/h6-11,15,25-27H,3-5,12-14H2,1-2H3. The zero-order valence-corrected chi connectivity index (χ0v) is 22.1. The lowest BCUT2D eigenvalue weighted by Gasteiger charge is -2.18. The maximum atomic E-state index is 12.9. The number of H-pyrrole nitrogens is 1. The Kier molecular flexibility index (Phi) is 8.88. The van der Waals surface area contributed by atoms with Gasteiger partial charge >= 0.3 is 0 Å². The highest BCUT2D eigenvalue weighted by Crippen LogP contribution is 2.35. The monoisotopic (exact) mass is 546 g/mol. The number of nitrogens with zero attached hydrogens (tertiary/aromatic N) is 1. The zero-order chi connectivity index (χ0) is 24.9. The van der Waals surface area contributed by atoms with Crippen LogP contribution >= 0.6 is 23.2 Å². The van der Waals surface area contributed by atoms with Crippen LogP contribution in [-0.4, -0.2) is 52.8 Å². The van der Waals surface area contributed by atoms with Crippen LogP contribution in [0, 0.1) is 0 Å². The van der Waals surface area contributed by atoms with Crippen molar-refractivity contribution in [1.29, 1.82) is 0 Å². The second-order valence-corrected chi connectivity index (χ2v) is 12.4. The third kappa shape index (κ3) is 6.05. The Morgan fingerprint density at radius 3 is 2.26 bits per heavy atom. The number of aromatic amines is 1. The molecule has 3 aromatic rings. The van der Waals surface area contributed by atoms with E-state index in [0.717, 1.165) is 25.8 Å². The number of hydrogen-bond donors (Lipinski definition) is 3. The van der Waals surface area contributed by atoms with Crippen LogP contribution in [0.1, 0.15) is 26.2 Å². The minimum Gasteiger partial charge on any atom is -0.358 e. The average molecular weight is 548 g/mol. The van der Waals surface area contributed by atoms with Crippen molar-refractivity contribution in [2.75, 3.05) is 31.4 Å². The van der Waals surface area contributed by atoms with E-state index in [4.69, 9.17) is 23.2 Å². The van der Waals surface area contributed by atoms with Gasteiger partial charge in [-0.25, -0.2) is 16.8 Å². The van der Waals surface area contributed by atoms with Crippen molar-refractivity contribution >= 4 is 59.8 Å². The molecule has 0 atom stereocenters. The molecule has 34 heavy (non-hydrogen) atoms. The summed E-state index contributed by atoms with van der Waals surface area (Å²) in [5.74, 6) is 0. The van der Waals surface area contributed by atoms with Crippen LogP contribution < -0.4 is 10.0 Å². The number of sulfonamides is 2. The highest BCUT2D eigenvalue weighted by molar-refractivity contribution is 7.92. The van der Waals surface area contributed by atoms with Gasteiger partial charge in [-0.15, -0.1) is 0 Å². The first-order valence-electron chi connectivity index (χ1n) is 10.8. The molecular formula is C22H28Cl2N4O4S2. The first-order chi connectivity index (χ1) is 16.1. The van der Waals surface area contributed by atoms with Gasteiger partial charge in [0.05, 0.1) is 31.0 Å². The molecule has 1 aromatic heterocycles. The lowest BCUT2D eigenvalue weighted by molar-refractivity contribution is 0.456. The van der Waals surface area contributed by atoms with Crippen LogP contribution in [0.3, 0.4) is 0 Å². The highest BCUT2D eigenvalue weighted by Gasteiger charge is 2.23. The molecule has 0 aliphatic carbocycles. The maximum Gasteiger partial charge on any atom is 0.261 e. The van der Waals surface area contributed by atoms with Gasteiger partial charge in [-0.05, 0) is 49.4 Å². The van der Waals surface area contributed by atoms with Crippen molar-refractivity contribution in [1.82, 2.24) is 14.6 Å². The summed E-state index contributed by atoms with van der Waals surface area (Å²) >= 11 is 12.3. The first-order valence-corrected chi connectivity index (χ1v) is 14.5. The molecule has 0 bridgehead atoms. The summed E-state index contributed by atoms with van der Waals surface area (Å²) in [6, 6.07) is 8.18. The fourth-order valence-electron chi connectivity index (χ4n) is 3.41. The highest BCUT2D eigenvalue weighted by atomic mass is 35.5. The van der Waals surface area contributed by atoms with E-state index >= 15 is 0 Å². The smallest absolute Gasteiger partial charge is 0.261 e. The SMILES string of the molecule is CCCCCNCCN(C)S(=O)(=O)c1ccc(S(=O)(=O)Nc2ccc(Cl)c3c(Cl)c[nH]c23)cc1. The Bertz CT molecular complexity index is 1340. The largest absolute Gasteiger partial charge is 0.358 e. The number of halogens is 2. The summed E-state index contributed by atoms with van der Waals surface area (Å²) in [4.78, 5) is 2.85. The summed E-state index contributed by atoms with van der Waals surface area (Å²) in [6.45, 7) is 3.81. The Balaban J connectivity index is 1.71. The van der Waals surface area contributed by atoms with Crippen LogP contribution in [0.15, 0.2) is 52.4 Å². The predicted molar refractivity (Wildman–Crippen MR) is 138 cm³/mol. The van der Waals surface area contributed by atoms with Crippen molar-refractivity contribution < 1.29 is 16.8 Å². The number of nitrogens with one attached hydrogen (secondary N) is 3. The normalized spacial score (nSPS) is 12.5. The van der Waals surface area contributed by atoms with Crippen molar-refractivity contribution in [2.45, 2.75) is 36.0 Å². The van der Waals surface area contributed by atoms with E-state index < -0.39 is 20.0 Å². The van der Waals surface area contributed by atoms with E-state index in [1.165, 1.54) is 47.9 Å². The zero-order valence-electron chi connectivity index (χ0n) is 18.9. The van der Waals surface area contributed by atoms with Crippen LogP contribution in [0.2, 0.25) is 10.0 Å². The average Bonchev–Trinajstić information content (AvgIpc) is 3.20. The molecule has 0 fully saturated rings. The van der Waals surface area contributed by atoms with Gasteiger partial charge in [-0.3, -0.25) is 4.72 Å². The lowest BCUT2D eigenvalue weighted by atomic mass is 10.2. The van der Waals surface area contributed by atoms with Gasteiger partial charge in [-0.1, -0.05) is 43.0 Å². The van der Waals surface area contributed by atoms with E-state index in [1.54, 1.807) is 6.07 Å². The second-order valence-electron chi connectivity index (χ2n) is 7.84. The third-order valence-electron chi connectivity index (χ3n) is 5.38. The quantitative estimate of drug-likeness (QED) is 0.285. The van der Waals surface area contributed by atoms with E-state index in [0.29, 0.717) is 34.0 Å². The van der Waals surface area contributed by atoms with Crippen molar-refractivity contribution in [3.8, 4) is 0 Å². The fourth-order valence-corrected chi connectivity index (χ4v) is 6.21. The van der Waals surface area contributed by atoms with Crippen molar-refractivity contribution in [3.63, 3.8) is 0 Å². The fraction of sp³-hybridized carbons (Fsp3) is 0.364. The molecule has 8 nitrogen and oxygen atoms in total. The molecule has 1 heterocycles. The van der Waals surface area contributed by atoms with Crippen LogP contribution in [-0.2, 0) is 20.0 Å². The van der Waals surface area contributed by atoms with E-state index in [2.05, 4.69) is 21.9 Å². The number of hydrogen-bond acceptors (Lipinski definition) is 5. The topological polar surface area (TPSA) is 111 Å². The van der Waals surface area contributed by atoms with Gasteiger partial charge < -0.3 is 10.3 Å². The van der Waals surface area contributed by atoms with Crippen molar-refractivity contribution in [2.24, 2.45) is 0 Å². The molecular weight excluding hydrogens is 519 g/mol. The number of likely N-dealkylation sites (N-methyl/N-ethyl adjacent to an activating group) is 1. The minimum atomic E-state index is -3.99. The first kappa shape index (κ1) is 26.8. The van der Waals surface area contributed by atoms with Gasteiger partial charge in [0.25, 0.3) is 10.0 Å². The lowest BCUT2D eigenvalue weighted by Crippen LogP contribution is -2.34. The summed E-state index contributed by atoms with van der Waals surface area (Å²) in [5, 5.41) is 4.50. The Labute approximate surface area is 210 Å². The molecule has 186 valence electrons. The van der Waals surface area contributed by atoms with Gasteiger partial charge in [-0.2, -0.15) is 4.31 Å². The minimum absolute atomic E-state index is 0.0185. The molecule has 0 spiro atoms. The molecule has 0 unspecified atom stereocenters. The van der Waals surface area contributed by atoms with Gasteiger partial charge in [0.1, 0.15) is 0 Å². The predicted octanol–water partition coefficient (Wildman–Crippen LogP) is 4.68. The van der Waals surface area contributed by atoms with Crippen LogP contribution in [0.25, 0.3) is 10.9 Å². The molecule has 2 aromatic carbocycles. The molecule has 0 aliphatic heterocycles. The third-order valence-corrected chi connectivity index (χ3v) is 9.25. The second kappa shape index (κ2) is 11.3. The Hall–Kier alpha value is -1.82. The molecule has 0 radical (unpaired) electrons. The number of anilines is 1. The molecule has 0 saturated carbocycles. The summed E-state index contributed by atoms with van der Waals surface area (Å²) in [6.07, 6.45) is 4.83. The van der Waals surface area contributed by atoms with Gasteiger partial charge in [0, 0.05) is 31.7 Å². The molecule has 0 aliphatic rings. The van der Waals surface area contributed by atoms with Crippen LogP contribution in [0.4, 0.5) is 5.69 Å². The Morgan fingerprint density at radius 1 is 0.912 bits per heavy atom. The molecule has 0 amide bonds. The van der Waals surface area contributed by atoms with E-state index in [9.17, 15) is 16.8 Å². The molecule has 3 rings (SSSR count). The van der Waals surface area contributed by atoms with Gasteiger partial charge in [0.15, 0.2) is 0 Å². The van der Waals surface area contributed by atoms with Crippen LogP contribution in [0.5, 0.6) is 0 Å². The number of fused-ring (bicyclic) bond motifs is 1. The van der Waals surface area contributed by atoms with E-state index in [-0.39, 0.29) is 15.5 Å². The number of rotatable bonds is 12. The molecule has 12 heteroatoms. The van der Waals surface area contributed by atoms with Crippen molar-refractivity contribution in [3.05, 3.63) is 52.6 Å². The molecule has 3 N–H and O–H groups in total. The number of aromatic nitrogens is 1. The Morgan fingerprint density at radius 2 is 1.59 bits per heavy atom. The molecule has 0 saturated heterocycles. The summed E-state index contributed by atoms with van der Waals surface area (Å²) in [5.41, 5.74) is 0.722. The van der Waals surface area contributed by atoms with Gasteiger partial charge in [0.2, 0.25) is 10.0 Å². The number of unbranched alkanes of at least 4 members (excludes halogenated alkanes) is 2. The van der Waals surface area contributed by atoms with E-state index in [1.807, 2.05) is 0 Å². The maximum absolute atomic E-state index is 12.9. The summed E-state index contributed by atoms with van der Waals surface area (Å²) < 4.78 is 55.3.